The van der Waals surface area contributed by atoms with E-state index in [4.69, 9.17) is 9.52 Å². The monoisotopic (exact) mass is 257 g/mol. The fraction of sp³-hybridized carbons (Fsp3) is 0.692. The van der Waals surface area contributed by atoms with E-state index >= 15 is 0 Å². The van der Waals surface area contributed by atoms with E-state index in [2.05, 4.69) is 18.5 Å². The molecule has 1 heterocycles. The summed E-state index contributed by atoms with van der Waals surface area (Å²) in [5.41, 5.74) is 0. The topological polar surface area (TPSA) is 45.4 Å². The Kier molecular flexibility index (Phi) is 7.40. The fourth-order valence-electron chi connectivity index (χ4n) is 1.77. The molecule has 0 amide bonds. The van der Waals surface area contributed by atoms with Gasteiger partial charge in [-0.1, -0.05) is 13.3 Å². The van der Waals surface area contributed by atoms with Gasteiger partial charge in [0.1, 0.15) is 11.5 Å². The third kappa shape index (κ3) is 5.61. The van der Waals surface area contributed by atoms with Gasteiger partial charge in [-0.15, -0.1) is 0 Å². The van der Waals surface area contributed by atoms with Gasteiger partial charge in [-0.2, -0.15) is 11.8 Å². The first-order valence-corrected chi connectivity index (χ1v) is 7.57. The summed E-state index contributed by atoms with van der Waals surface area (Å²) in [5.74, 6) is 3.52. The third-order valence-corrected chi connectivity index (χ3v) is 3.42. The van der Waals surface area contributed by atoms with Crippen LogP contribution in [-0.4, -0.2) is 24.5 Å². The molecule has 0 aliphatic heterocycles. The Labute approximate surface area is 108 Å². The average Bonchev–Trinajstić information content (AvgIpc) is 2.76. The van der Waals surface area contributed by atoms with Gasteiger partial charge in [0.05, 0.1) is 12.3 Å². The lowest BCUT2D eigenvalue weighted by atomic mass is 10.0. The number of nitrogens with one attached hydrogen (secondary N) is 1. The Morgan fingerprint density at radius 3 is 2.82 bits per heavy atom. The predicted molar refractivity (Wildman–Crippen MR) is 73.1 cm³/mol. The van der Waals surface area contributed by atoms with Crippen LogP contribution in [0.3, 0.4) is 0 Å². The summed E-state index contributed by atoms with van der Waals surface area (Å²) in [6.45, 7) is 4.15. The number of aliphatic hydroxyl groups excluding tert-OH is 1. The van der Waals surface area contributed by atoms with Crippen molar-refractivity contribution in [1.82, 2.24) is 5.32 Å². The molecular weight excluding hydrogens is 234 g/mol. The molecule has 1 atom stereocenters. The second-order valence-corrected chi connectivity index (χ2v) is 5.08. The summed E-state index contributed by atoms with van der Waals surface area (Å²) in [4.78, 5) is 0. The van der Waals surface area contributed by atoms with Gasteiger partial charge < -0.3 is 14.8 Å². The minimum Gasteiger partial charge on any atom is -0.464 e. The van der Waals surface area contributed by atoms with E-state index in [-0.39, 0.29) is 6.61 Å². The molecule has 0 aliphatic rings. The van der Waals surface area contributed by atoms with Gasteiger partial charge in [-0.25, -0.2) is 0 Å². The Bertz CT molecular complexity index is 301. The second kappa shape index (κ2) is 8.61. The smallest absolute Gasteiger partial charge is 0.117 e. The fourth-order valence-corrected chi connectivity index (χ4v) is 2.21. The molecule has 0 bridgehead atoms. The van der Waals surface area contributed by atoms with Gasteiger partial charge in [-0.3, -0.25) is 0 Å². The minimum absolute atomic E-state index is 0.277. The first-order valence-electron chi connectivity index (χ1n) is 6.18. The summed E-state index contributed by atoms with van der Waals surface area (Å²) in [6.07, 6.45) is 4.05. The molecule has 1 unspecified atom stereocenters. The second-order valence-electron chi connectivity index (χ2n) is 4.22. The van der Waals surface area contributed by atoms with Crippen molar-refractivity contribution in [1.29, 1.82) is 0 Å². The van der Waals surface area contributed by atoms with Crippen LogP contribution in [-0.2, 0) is 12.3 Å². The van der Waals surface area contributed by atoms with E-state index < -0.39 is 0 Å². The van der Waals surface area contributed by atoms with Gasteiger partial charge in [-0.05, 0) is 37.3 Å². The Morgan fingerprint density at radius 2 is 2.18 bits per heavy atom. The number of furan rings is 1. The first-order chi connectivity index (χ1) is 8.30. The van der Waals surface area contributed by atoms with Gasteiger partial charge in [0.15, 0.2) is 0 Å². The highest BCUT2D eigenvalue weighted by Crippen LogP contribution is 2.13. The standard InChI is InChI=1S/C13H23NO2S/c1-3-11(6-7-15)8-14-9-12-4-5-13(16-12)10-17-2/h4-5,11,14-15H,3,6-10H2,1-2H3. The first kappa shape index (κ1) is 14.6. The largest absolute Gasteiger partial charge is 0.464 e. The molecule has 0 radical (unpaired) electrons. The molecule has 0 aromatic carbocycles. The molecule has 2 N–H and O–H groups in total. The van der Waals surface area contributed by atoms with Crippen LogP contribution < -0.4 is 5.32 Å². The van der Waals surface area contributed by atoms with E-state index in [1.54, 1.807) is 11.8 Å². The van der Waals surface area contributed by atoms with Crippen LogP contribution in [0.25, 0.3) is 0 Å². The normalized spacial score (nSPS) is 12.9. The van der Waals surface area contributed by atoms with Crippen LogP contribution in [0.15, 0.2) is 16.5 Å². The van der Waals surface area contributed by atoms with Crippen molar-refractivity contribution < 1.29 is 9.52 Å². The maximum Gasteiger partial charge on any atom is 0.117 e. The molecule has 0 spiro atoms. The van der Waals surface area contributed by atoms with Crippen molar-refractivity contribution in [3.63, 3.8) is 0 Å². The zero-order valence-corrected chi connectivity index (χ0v) is 11.6. The summed E-state index contributed by atoms with van der Waals surface area (Å²) in [7, 11) is 0. The van der Waals surface area contributed by atoms with E-state index in [9.17, 15) is 0 Å². The molecular formula is C13H23NO2S. The lowest BCUT2D eigenvalue weighted by Gasteiger charge is -2.13. The SMILES string of the molecule is CCC(CCO)CNCc1ccc(CSC)o1. The molecule has 1 aromatic heterocycles. The summed E-state index contributed by atoms with van der Waals surface area (Å²) < 4.78 is 5.67. The van der Waals surface area contributed by atoms with Crippen LogP contribution >= 0.6 is 11.8 Å². The number of rotatable bonds is 9. The van der Waals surface area contributed by atoms with E-state index in [1.807, 2.05) is 12.1 Å². The lowest BCUT2D eigenvalue weighted by molar-refractivity contribution is 0.250. The van der Waals surface area contributed by atoms with Crippen LogP contribution in [0, 0.1) is 5.92 Å². The molecule has 0 fully saturated rings. The Morgan fingerprint density at radius 1 is 1.41 bits per heavy atom. The predicted octanol–water partition coefficient (Wildman–Crippen LogP) is 2.64. The highest BCUT2D eigenvalue weighted by Gasteiger charge is 2.06. The van der Waals surface area contributed by atoms with E-state index in [0.29, 0.717) is 5.92 Å². The molecule has 1 rings (SSSR count). The van der Waals surface area contributed by atoms with Crippen molar-refractivity contribution in [2.24, 2.45) is 5.92 Å². The van der Waals surface area contributed by atoms with Crippen LogP contribution in [0.5, 0.6) is 0 Å². The zero-order valence-electron chi connectivity index (χ0n) is 10.7. The minimum atomic E-state index is 0.277. The van der Waals surface area contributed by atoms with Crippen molar-refractivity contribution >= 4 is 11.8 Å². The van der Waals surface area contributed by atoms with Crippen molar-refractivity contribution in [3.05, 3.63) is 23.7 Å². The zero-order chi connectivity index (χ0) is 12.5. The average molecular weight is 257 g/mol. The van der Waals surface area contributed by atoms with E-state index in [0.717, 1.165) is 43.2 Å². The van der Waals surface area contributed by atoms with Crippen molar-refractivity contribution in [2.75, 3.05) is 19.4 Å². The number of hydrogen-bond donors (Lipinski definition) is 2. The van der Waals surface area contributed by atoms with E-state index in [1.165, 1.54) is 0 Å². The summed E-state index contributed by atoms with van der Waals surface area (Å²) >= 11 is 1.77. The molecule has 1 aromatic rings. The molecule has 4 heteroatoms. The lowest BCUT2D eigenvalue weighted by Crippen LogP contribution is -2.22. The van der Waals surface area contributed by atoms with Crippen molar-refractivity contribution in [2.45, 2.75) is 32.1 Å². The van der Waals surface area contributed by atoms with Crippen LogP contribution in [0.2, 0.25) is 0 Å². The van der Waals surface area contributed by atoms with Crippen LogP contribution in [0.1, 0.15) is 31.3 Å². The van der Waals surface area contributed by atoms with Gasteiger partial charge in [0.2, 0.25) is 0 Å². The Balaban J connectivity index is 2.24. The quantitative estimate of drug-likeness (QED) is 0.714. The number of hydrogen-bond acceptors (Lipinski definition) is 4. The van der Waals surface area contributed by atoms with Crippen LogP contribution in [0.4, 0.5) is 0 Å². The third-order valence-electron chi connectivity index (χ3n) is 2.85. The maximum atomic E-state index is 8.90. The van der Waals surface area contributed by atoms with Crippen molar-refractivity contribution in [3.8, 4) is 0 Å². The Hall–Kier alpha value is -0.450. The van der Waals surface area contributed by atoms with Gasteiger partial charge >= 0.3 is 0 Å². The summed E-state index contributed by atoms with van der Waals surface area (Å²) in [6, 6.07) is 4.07. The van der Waals surface area contributed by atoms with Gasteiger partial charge in [0.25, 0.3) is 0 Å². The molecule has 0 saturated carbocycles. The number of aliphatic hydroxyl groups is 1. The molecule has 0 aliphatic carbocycles. The highest BCUT2D eigenvalue weighted by atomic mass is 32.2. The van der Waals surface area contributed by atoms with Gasteiger partial charge in [0, 0.05) is 6.61 Å². The molecule has 0 saturated heterocycles. The maximum absolute atomic E-state index is 8.90. The number of thioether (sulfide) groups is 1. The molecule has 17 heavy (non-hydrogen) atoms. The molecule has 98 valence electrons. The molecule has 3 nitrogen and oxygen atoms in total. The highest BCUT2D eigenvalue weighted by molar-refractivity contribution is 7.97. The summed E-state index contributed by atoms with van der Waals surface area (Å²) in [5, 5.41) is 12.3.